The maximum Gasteiger partial charge on any atom is 0.227 e. The van der Waals surface area contributed by atoms with Crippen molar-refractivity contribution in [3.63, 3.8) is 0 Å². The number of aromatic nitrogens is 1. The van der Waals surface area contributed by atoms with Gasteiger partial charge in [0, 0.05) is 17.2 Å². The molecule has 0 bridgehead atoms. The molecule has 0 saturated carbocycles. The lowest BCUT2D eigenvalue weighted by Gasteiger charge is -1.98. The minimum Gasteiger partial charge on any atom is -0.287 e. The van der Waals surface area contributed by atoms with Gasteiger partial charge in [-0.3, -0.25) is 4.79 Å². The zero-order valence-electron chi connectivity index (χ0n) is 9.67. The average Bonchev–Trinajstić information content (AvgIpc) is 2.30. The average molecular weight is 293 g/mol. The number of benzene rings is 1. The Hall–Kier alpha value is -1.48. The summed E-state index contributed by atoms with van der Waals surface area (Å²) in [5.41, 5.74) is 1.92. The normalized spacial score (nSPS) is 9.47. The molecule has 0 atom stereocenters. The fourth-order valence-electron chi connectivity index (χ4n) is 1.63. The first-order valence-electron chi connectivity index (χ1n) is 5.30. The molecule has 0 saturated heterocycles. The van der Waals surface area contributed by atoms with E-state index < -0.39 is 0 Å². The lowest BCUT2D eigenvalue weighted by Crippen LogP contribution is -2.37. The number of halogens is 1. The largest absolute Gasteiger partial charge is 0.287 e. The molecule has 0 aliphatic carbocycles. The standard InChI is InChI=1S/C14H14NO.BrH/c1-12-6-5-9-15(10-12)11-14(16)13-7-3-2-4-8-13;/h2-10H,11H2,1H3;1H/q+1;. The SMILES string of the molecule is Br.Cc1ccc[n+](CC(=O)c2ccccc2)c1. The van der Waals surface area contributed by atoms with Gasteiger partial charge >= 0.3 is 0 Å². The second-order valence-electron chi connectivity index (χ2n) is 3.84. The lowest BCUT2D eigenvalue weighted by molar-refractivity contribution is -0.683. The number of ketones is 1. The van der Waals surface area contributed by atoms with Gasteiger partial charge in [0.2, 0.25) is 12.3 Å². The van der Waals surface area contributed by atoms with Gasteiger partial charge in [-0.2, -0.15) is 4.57 Å². The topological polar surface area (TPSA) is 20.9 Å². The van der Waals surface area contributed by atoms with Crippen LogP contribution in [0.2, 0.25) is 0 Å². The summed E-state index contributed by atoms with van der Waals surface area (Å²) in [7, 11) is 0. The van der Waals surface area contributed by atoms with Crippen LogP contribution in [0.1, 0.15) is 15.9 Å². The fraction of sp³-hybridized carbons (Fsp3) is 0.143. The highest BCUT2D eigenvalue weighted by Gasteiger charge is 2.10. The van der Waals surface area contributed by atoms with Crippen LogP contribution in [-0.4, -0.2) is 5.78 Å². The van der Waals surface area contributed by atoms with Gasteiger partial charge in [0.1, 0.15) is 0 Å². The third-order valence-corrected chi connectivity index (χ3v) is 2.43. The minimum absolute atomic E-state index is 0. The lowest BCUT2D eigenvalue weighted by atomic mass is 10.1. The van der Waals surface area contributed by atoms with E-state index in [1.54, 1.807) is 0 Å². The summed E-state index contributed by atoms with van der Waals surface area (Å²) in [6.07, 6.45) is 3.88. The Morgan fingerprint density at radius 2 is 1.82 bits per heavy atom. The van der Waals surface area contributed by atoms with E-state index >= 15 is 0 Å². The van der Waals surface area contributed by atoms with Crippen LogP contribution >= 0.6 is 17.0 Å². The molecule has 0 N–H and O–H groups in total. The van der Waals surface area contributed by atoms with Crippen molar-refractivity contribution in [1.82, 2.24) is 0 Å². The van der Waals surface area contributed by atoms with Gasteiger partial charge in [-0.1, -0.05) is 30.3 Å². The molecule has 1 aromatic carbocycles. The van der Waals surface area contributed by atoms with Crippen LogP contribution in [0.15, 0.2) is 54.9 Å². The third-order valence-electron chi connectivity index (χ3n) is 2.43. The smallest absolute Gasteiger partial charge is 0.227 e. The number of carbonyl (C=O) groups excluding carboxylic acids is 1. The van der Waals surface area contributed by atoms with Crippen molar-refractivity contribution in [1.29, 1.82) is 0 Å². The minimum atomic E-state index is 0. The summed E-state index contributed by atoms with van der Waals surface area (Å²) in [6.45, 7) is 2.41. The van der Waals surface area contributed by atoms with Gasteiger partial charge in [0.15, 0.2) is 12.4 Å². The van der Waals surface area contributed by atoms with Crippen LogP contribution in [0.25, 0.3) is 0 Å². The highest BCUT2D eigenvalue weighted by molar-refractivity contribution is 8.93. The zero-order valence-corrected chi connectivity index (χ0v) is 11.4. The second-order valence-corrected chi connectivity index (χ2v) is 3.84. The van der Waals surface area contributed by atoms with Gasteiger partial charge in [-0.25, -0.2) is 0 Å². The van der Waals surface area contributed by atoms with E-state index in [0.29, 0.717) is 6.54 Å². The van der Waals surface area contributed by atoms with E-state index in [1.165, 1.54) is 0 Å². The second kappa shape index (κ2) is 6.30. The van der Waals surface area contributed by atoms with Gasteiger partial charge in [-0.15, -0.1) is 17.0 Å². The molecule has 3 heteroatoms. The van der Waals surface area contributed by atoms with Crippen molar-refractivity contribution in [2.75, 3.05) is 0 Å². The van der Waals surface area contributed by atoms with Gasteiger partial charge in [-0.05, 0) is 13.0 Å². The quantitative estimate of drug-likeness (QED) is 0.629. The molecular formula is C14H15BrNO+. The Balaban J connectivity index is 0.00000144. The molecule has 88 valence electrons. The Morgan fingerprint density at radius 1 is 1.12 bits per heavy atom. The predicted octanol–water partition coefficient (Wildman–Crippen LogP) is 2.74. The van der Waals surface area contributed by atoms with Crippen LogP contribution < -0.4 is 4.57 Å². The molecular weight excluding hydrogens is 278 g/mol. The molecule has 0 aliphatic heterocycles. The van der Waals surface area contributed by atoms with Crippen LogP contribution in [-0.2, 0) is 6.54 Å². The van der Waals surface area contributed by atoms with Crippen molar-refractivity contribution < 1.29 is 9.36 Å². The molecule has 0 aliphatic rings. The molecule has 0 unspecified atom stereocenters. The van der Waals surface area contributed by atoms with Gasteiger partial charge < -0.3 is 0 Å². The van der Waals surface area contributed by atoms with Gasteiger partial charge in [0.25, 0.3) is 0 Å². The molecule has 17 heavy (non-hydrogen) atoms. The van der Waals surface area contributed by atoms with Crippen LogP contribution in [0.4, 0.5) is 0 Å². The van der Waals surface area contributed by atoms with Gasteiger partial charge in [0.05, 0.1) is 0 Å². The van der Waals surface area contributed by atoms with E-state index in [-0.39, 0.29) is 22.8 Å². The first-order valence-corrected chi connectivity index (χ1v) is 5.30. The highest BCUT2D eigenvalue weighted by Crippen LogP contribution is 2.00. The van der Waals surface area contributed by atoms with E-state index in [9.17, 15) is 4.79 Å². The first-order chi connectivity index (χ1) is 7.75. The molecule has 0 fully saturated rings. The number of hydrogen-bond donors (Lipinski definition) is 0. The summed E-state index contributed by atoms with van der Waals surface area (Å²) >= 11 is 0. The van der Waals surface area contributed by atoms with Crippen molar-refractivity contribution in [3.8, 4) is 0 Å². The monoisotopic (exact) mass is 292 g/mol. The first kappa shape index (κ1) is 13.6. The van der Waals surface area contributed by atoms with Crippen molar-refractivity contribution >= 4 is 22.8 Å². The predicted molar refractivity (Wildman–Crippen MR) is 72.5 cm³/mol. The maximum atomic E-state index is 11.9. The zero-order chi connectivity index (χ0) is 11.4. The summed E-state index contributed by atoms with van der Waals surface area (Å²) < 4.78 is 1.91. The Labute approximate surface area is 112 Å². The summed E-state index contributed by atoms with van der Waals surface area (Å²) in [6, 6.07) is 13.3. The molecule has 0 spiro atoms. The molecule has 2 nitrogen and oxygen atoms in total. The van der Waals surface area contributed by atoms with E-state index in [1.807, 2.05) is 66.3 Å². The van der Waals surface area contributed by atoms with Crippen molar-refractivity contribution in [3.05, 3.63) is 66.0 Å². The summed E-state index contributed by atoms with van der Waals surface area (Å²) in [4.78, 5) is 11.9. The van der Waals surface area contributed by atoms with E-state index in [4.69, 9.17) is 0 Å². The van der Waals surface area contributed by atoms with Crippen molar-refractivity contribution in [2.24, 2.45) is 0 Å². The van der Waals surface area contributed by atoms with E-state index in [2.05, 4.69) is 0 Å². The maximum absolute atomic E-state index is 11.9. The molecule has 1 heterocycles. The number of hydrogen-bond acceptors (Lipinski definition) is 1. The molecule has 0 amide bonds. The molecule has 1 aromatic heterocycles. The highest BCUT2D eigenvalue weighted by atomic mass is 79.9. The summed E-state index contributed by atoms with van der Waals surface area (Å²) in [5.74, 6) is 0.135. The molecule has 2 aromatic rings. The molecule has 2 rings (SSSR count). The number of Topliss-reactive ketones (excluding diaryl/α,β-unsaturated/α-hetero) is 1. The number of aryl methyl sites for hydroxylation is 1. The Morgan fingerprint density at radius 3 is 2.47 bits per heavy atom. The number of carbonyl (C=O) groups is 1. The van der Waals surface area contributed by atoms with Crippen LogP contribution in [0.3, 0.4) is 0 Å². The summed E-state index contributed by atoms with van der Waals surface area (Å²) in [5, 5.41) is 0. The van der Waals surface area contributed by atoms with Crippen LogP contribution in [0, 0.1) is 6.92 Å². The third kappa shape index (κ3) is 3.79. The fourth-order valence-corrected chi connectivity index (χ4v) is 1.63. The number of pyridine rings is 1. The van der Waals surface area contributed by atoms with Crippen LogP contribution in [0.5, 0.6) is 0 Å². The Bertz CT molecular complexity index is 497. The van der Waals surface area contributed by atoms with E-state index in [0.717, 1.165) is 11.1 Å². The number of nitrogens with zero attached hydrogens (tertiary/aromatic N) is 1. The van der Waals surface area contributed by atoms with Crippen molar-refractivity contribution in [2.45, 2.75) is 13.5 Å². The number of rotatable bonds is 3. The molecule has 0 radical (unpaired) electrons. The Kier molecular flexibility index (Phi) is 5.04.